The highest BCUT2D eigenvalue weighted by Crippen LogP contribution is 2.46. The molecule has 0 saturated heterocycles. The SMILES string of the molecule is CCNc1ccc2c(-c3ccccc3C(=O)N(C)CCCC(=O)NCCOCCOCCOCCOCCOCCOCCOCCOCCOCCOCCOCCOCCC(=O)CCCNC(=O)c3cccc(OCC(N=[N+]=[N-])OCCOCC(=O)O)c3)c3ccc(=[NH+]CC)c(S(=O)(=O)O)c-3oc2c1S(=O)(=O)[O-]. The van der Waals surface area contributed by atoms with Crippen molar-refractivity contribution in [2.45, 2.75) is 62.0 Å². The standard InChI is InChI=1S/C72H104N8O28S2/c1-4-74-61-19-17-59-66(60-18-20-62(75-5-2)70(110(90,91)92)68(60)108-67(59)69(61)109(87,88)89)57-14-6-7-15-58(57)72(86)80(3)24-10-16-63(82)76-23-26-94-28-30-96-32-34-98-36-38-100-40-42-102-44-46-104-48-47-103-45-43-101-41-39-99-37-35-97-33-31-95-29-27-93-25-21-55(81)12-9-22-77-71(85)54-11-8-13-56(51-54)107-52-64(78-79-73)106-50-49-105-53-65(83)84/h6-8,11,13-15,17-20,51,64,74H,4-5,9-10,12,16,21-50,52-53H2,1-3H3,(H,76,82)(H,77,85)(H,83,84)(H,87,88,89)(H,90,91,92). The summed E-state index contributed by atoms with van der Waals surface area (Å²) in [5.41, 5.74) is 9.19. The number of carbonyl (C=O) groups is 5. The fraction of sp³-hybridized carbons (Fsp3) is 0.583. The van der Waals surface area contributed by atoms with Crippen molar-refractivity contribution in [3.63, 3.8) is 0 Å². The highest BCUT2D eigenvalue weighted by Gasteiger charge is 2.33. The van der Waals surface area contributed by atoms with Crippen LogP contribution in [0.2, 0.25) is 0 Å². The first kappa shape index (κ1) is 92.7. The third-order valence-electron chi connectivity index (χ3n) is 15.4. The van der Waals surface area contributed by atoms with Crippen LogP contribution in [0.1, 0.15) is 66.7 Å². The van der Waals surface area contributed by atoms with Gasteiger partial charge in [0.2, 0.25) is 16.2 Å². The number of carbonyl (C=O) groups excluding carboxylic acids is 4. The number of aliphatic carboxylic acids is 1. The molecule has 1 heterocycles. The molecular formula is C72H104N8O28S2. The lowest BCUT2D eigenvalue weighted by molar-refractivity contribution is -0.498. The van der Waals surface area contributed by atoms with Gasteiger partial charge in [0.05, 0.1) is 177 Å². The molecule has 0 fully saturated rings. The van der Waals surface area contributed by atoms with Gasteiger partial charge in [0.15, 0.2) is 17.6 Å². The Labute approximate surface area is 639 Å². The van der Waals surface area contributed by atoms with Crippen molar-refractivity contribution >= 4 is 66.4 Å². The third kappa shape index (κ3) is 36.5. The van der Waals surface area contributed by atoms with Crippen LogP contribution in [-0.4, -0.2) is 296 Å². The summed E-state index contributed by atoms with van der Waals surface area (Å²) in [7, 11) is -8.78. The Hall–Kier alpha value is -7.93. The van der Waals surface area contributed by atoms with Gasteiger partial charge in [-0.15, -0.1) is 0 Å². The maximum absolute atomic E-state index is 14.2. The zero-order chi connectivity index (χ0) is 79.5. The van der Waals surface area contributed by atoms with E-state index in [2.05, 4.69) is 31.0 Å². The van der Waals surface area contributed by atoms with Crippen LogP contribution in [0.15, 0.2) is 92.1 Å². The molecule has 3 amide bonds. The second-order valence-electron chi connectivity index (χ2n) is 23.6. The first-order chi connectivity index (χ1) is 53.3. The van der Waals surface area contributed by atoms with Crippen LogP contribution in [0.5, 0.6) is 5.75 Å². The molecule has 3 aromatic carbocycles. The Morgan fingerprint density at radius 1 is 0.609 bits per heavy atom. The Bertz CT molecular complexity index is 3880. The summed E-state index contributed by atoms with van der Waals surface area (Å²) in [6.45, 7) is 13.0. The van der Waals surface area contributed by atoms with E-state index in [0.29, 0.717) is 170 Å². The van der Waals surface area contributed by atoms with Gasteiger partial charge in [0.1, 0.15) is 46.3 Å². The monoisotopic (exact) mass is 1590 g/mol. The van der Waals surface area contributed by atoms with Gasteiger partial charge in [-0.2, -0.15) is 8.42 Å². The molecule has 1 aliphatic carbocycles. The second kappa shape index (κ2) is 54.7. The number of anilines is 1. The number of rotatable bonds is 65. The number of carboxylic acids is 1. The molecule has 1 unspecified atom stereocenters. The number of ketones is 1. The number of carboxylic acid groups (broad SMARTS) is 1. The fourth-order valence-corrected chi connectivity index (χ4v) is 11.9. The van der Waals surface area contributed by atoms with E-state index in [1.807, 2.05) is 0 Å². The number of nitrogens with one attached hydrogen (secondary N) is 4. The lowest BCUT2D eigenvalue weighted by atomic mass is 9.90. The van der Waals surface area contributed by atoms with Gasteiger partial charge >= 0.3 is 16.1 Å². The van der Waals surface area contributed by atoms with Crippen molar-refractivity contribution in [1.29, 1.82) is 0 Å². The van der Waals surface area contributed by atoms with Crippen molar-refractivity contribution in [3.05, 3.63) is 99.7 Å². The summed E-state index contributed by atoms with van der Waals surface area (Å²) in [6, 6.07) is 18.6. The van der Waals surface area contributed by atoms with Gasteiger partial charge in [-0.25, -0.2) is 18.2 Å². The number of hydrogen-bond donors (Lipinski definition) is 6. The number of azide groups is 1. The van der Waals surface area contributed by atoms with Gasteiger partial charge in [-0.05, 0) is 80.2 Å². The van der Waals surface area contributed by atoms with Gasteiger partial charge in [-0.3, -0.25) is 23.7 Å². The van der Waals surface area contributed by atoms with Gasteiger partial charge in [0, 0.05) is 91.1 Å². The van der Waals surface area contributed by atoms with Crippen LogP contribution in [0.3, 0.4) is 0 Å². The molecule has 1 atom stereocenters. The molecule has 6 N–H and O–H groups in total. The van der Waals surface area contributed by atoms with Crippen molar-refractivity contribution in [2.75, 3.05) is 230 Å². The molecule has 0 spiro atoms. The Morgan fingerprint density at radius 3 is 1.68 bits per heavy atom. The summed E-state index contributed by atoms with van der Waals surface area (Å²) in [5.74, 6) is -2.30. The van der Waals surface area contributed by atoms with E-state index in [9.17, 15) is 49.9 Å². The first-order valence-corrected chi connectivity index (χ1v) is 39.0. The predicted molar refractivity (Wildman–Crippen MR) is 394 cm³/mol. The predicted octanol–water partition coefficient (Wildman–Crippen LogP) is 3.26. The van der Waals surface area contributed by atoms with Gasteiger partial charge in [0.25, 0.3) is 11.8 Å². The normalized spacial score (nSPS) is 12.1. The second-order valence-corrected chi connectivity index (χ2v) is 26.3. The van der Waals surface area contributed by atoms with Crippen molar-refractivity contribution < 1.29 is 135 Å². The minimum Gasteiger partial charge on any atom is -0.744 e. The number of Topliss-reactive ketones (excluding diaryl/α,β-unsaturated/α-hetero) is 1. The van der Waals surface area contributed by atoms with Crippen molar-refractivity contribution in [3.8, 4) is 28.2 Å². The van der Waals surface area contributed by atoms with Crippen LogP contribution in [0.25, 0.3) is 43.9 Å². The largest absolute Gasteiger partial charge is 0.744 e. The van der Waals surface area contributed by atoms with Crippen LogP contribution >= 0.6 is 0 Å². The van der Waals surface area contributed by atoms with E-state index in [1.165, 1.54) is 35.2 Å². The number of ether oxygens (including phenoxy) is 15. The highest BCUT2D eigenvalue weighted by atomic mass is 32.2. The lowest BCUT2D eigenvalue weighted by Crippen LogP contribution is -2.76. The zero-order valence-electron chi connectivity index (χ0n) is 62.5. The molecule has 110 heavy (non-hydrogen) atoms. The topological polar surface area (TPSA) is 471 Å². The Balaban J connectivity index is 0.748. The number of fused-ring (bicyclic) bond motifs is 2. The fourth-order valence-electron chi connectivity index (χ4n) is 10.3. The van der Waals surface area contributed by atoms with E-state index in [4.69, 9.17) is 86.1 Å². The first-order valence-electron chi connectivity index (χ1n) is 36.1. The molecule has 612 valence electrons. The number of benzene rings is 4. The lowest BCUT2D eigenvalue weighted by Gasteiger charge is -2.23. The molecule has 36 nitrogen and oxygen atoms in total. The average molecular weight is 1590 g/mol. The Kier molecular flexibility index (Phi) is 46.1. The molecule has 2 aliphatic rings. The minimum atomic E-state index is -5.29. The highest BCUT2D eigenvalue weighted by molar-refractivity contribution is 7.86. The zero-order valence-corrected chi connectivity index (χ0v) is 64.1. The molecule has 0 radical (unpaired) electrons. The maximum atomic E-state index is 14.2. The molecular weight excluding hydrogens is 1490 g/mol. The molecule has 0 saturated carbocycles. The molecule has 5 rings (SSSR count). The minimum absolute atomic E-state index is 0.0113. The van der Waals surface area contributed by atoms with Crippen LogP contribution in [-0.2, 0) is 101 Å². The summed E-state index contributed by atoms with van der Waals surface area (Å²) >= 11 is 0. The summed E-state index contributed by atoms with van der Waals surface area (Å²) < 4.78 is 164. The quantitative estimate of drug-likeness (QED) is 0.00812. The van der Waals surface area contributed by atoms with Crippen LogP contribution < -0.4 is 31.0 Å². The van der Waals surface area contributed by atoms with E-state index < -0.39 is 66.1 Å². The number of hydrogen-bond acceptors (Lipinski definition) is 28. The van der Waals surface area contributed by atoms with E-state index in [0.717, 1.165) is 0 Å². The summed E-state index contributed by atoms with van der Waals surface area (Å²) in [4.78, 5) is 68.0. The van der Waals surface area contributed by atoms with E-state index >= 15 is 0 Å². The average Bonchev–Trinajstić information content (AvgIpc) is 0.720. The van der Waals surface area contributed by atoms with Crippen molar-refractivity contribution in [2.24, 2.45) is 5.11 Å². The Morgan fingerprint density at radius 2 is 1.15 bits per heavy atom. The number of nitrogens with zero attached hydrogens (tertiary/aromatic N) is 4. The number of amides is 3. The molecule has 1 aliphatic heterocycles. The van der Waals surface area contributed by atoms with Gasteiger partial charge < -0.3 is 106 Å². The van der Waals surface area contributed by atoms with Crippen LogP contribution in [0.4, 0.5) is 5.69 Å². The molecule has 0 aromatic heterocycles. The van der Waals surface area contributed by atoms with E-state index in [1.54, 1.807) is 63.4 Å². The van der Waals surface area contributed by atoms with Crippen LogP contribution in [0, 0.1) is 0 Å². The molecule has 0 bridgehead atoms. The van der Waals surface area contributed by atoms with E-state index in [-0.39, 0.29) is 141 Å². The van der Waals surface area contributed by atoms with Gasteiger partial charge in [-0.1, -0.05) is 29.4 Å². The summed E-state index contributed by atoms with van der Waals surface area (Å²) in [5, 5.41) is 20.6. The smallest absolute Gasteiger partial charge is 0.329 e. The van der Waals surface area contributed by atoms with Crippen molar-refractivity contribution in [1.82, 2.24) is 15.5 Å². The maximum Gasteiger partial charge on any atom is 0.329 e. The third-order valence-corrected chi connectivity index (χ3v) is 17.2. The summed E-state index contributed by atoms with van der Waals surface area (Å²) in [6.07, 6.45) is 0.364. The molecule has 3 aromatic rings. The molecule has 38 heteroatoms.